The summed E-state index contributed by atoms with van der Waals surface area (Å²) in [4.78, 5) is 19.1. The monoisotopic (exact) mass is 434 g/mol. The Labute approximate surface area is 195 Å². The smallest absolute Gasteiger partial charge is 0.178 e. The number of pyridine rings is 2. The molecule has 4 heteroatoms. The van der Waals surface area contributed by atoms with Crippen LogP contribution < -0.4 is 0 Å². The molecule has 158 valence electrons. The summed E-state index contributed by atoms with van der Waals surface area (Å²) in [5.74, 6) is 0.591. The molecule has 3 heterocycles. The van der Waals surface area contributed by atoms with Crippen LogP contribution in [0, 0.1) is 0 Å². The lowest BCUT2D eigenvalue weighted by Crippen LogP contribution is -1.95. The van der Waals surface area contributed by atoms with E-state index < -0.39 is 0 Å². The number of aromatic nitrogens is 4. The molecule has 0 bridgehead atoms. The van der Waals surface area contributed by atoms with Crippen molar-refractivity contribution in [1.29, 1.82) is 0 Å². The maximum atomic E-state index is 4.90. The standard InChI is InChI=1S/C30H18N4/c1-3-7-21-17-28-23(15-19(21)5-1)9-11-25(32-28)26-13-14-31-30(34-26)27-12-10-24-16-20-6-2-4-8-22(20)18-29(24)33-27/h1-18H. The van der Waals surface area contributed by atoms with E-state index in [-0.39, 0.29) is 0 Å². The van der Waals surface area contributed by atoms with Crippen LogP contribution in [-0.4, -0.2) is 19.9 Å². The number of rotatable bonds is 2. The van der Waals surface area contributed by atoms with Crippen molar-refractivity contribution in [1.82, 2.24) is 19.9 Å². The van der Waals surface area contributed by atoms with Gasteiger partial charge in [0.1, 0.15) is 5.69 Å². The molecular formula is C30H18N4. The van der Waals surface area contributed by atoms with Crippen molar-refractivity contribution in [3.63, 3.8) is 0 Å². The summed E-state index contributed by atoms with van der Waals surface area (Å²) in [5, 5.41) is 6.97. The van der Waals surface area contributed by atoms with Gasteiger partial charge in [0.05, 0.1) is 22.4 Å². The van der Waals surface area contributed by atoms with Crippen LogP contribution in [0.4, 0.5) is 0 Å². The molecule has 0 N–H and O–H groups in total. The Hall–Kier alpha value is -4.70. The topological polar surface area (TPSA) is 51.6 Å². The van der Waals surface area contributed by atoms with E-state index in [0.29, 0.717) is 5.82 Å². The second kappa shape index (κ2) is 7.42. The number of hydrogen-bond donors (Lipinski definition) is 0. The van der Waals surface area contributed by atoms with Crippen molar-refractivity contribution in [2.75, 3.05) is 0 Å². The summed E-state index contributed by atoms with van der Waals surface area (Å²) in [7, 11) is 0. The molecule has 0 atom stereocenters. The van der Waals surface area contributed by atoms with E-state index in [1.165, 1.54) is 21.5 Å². The molecule has 0 saturated heterocycles. The normalized spacial score (nSPS) is 11.5. The maximum Gasteiger partial charge on any atom is 0.178 e. The van der Waals surface area contributed by atoms with Crippen molar-refractivity contribution in [2.24, 2.45) is 0 Å². The highest BCUT2D eigenvalue weighted by molar-refractivity contribution is 5.98. The van der Waals surface area contributed by atoms with Crippen molar-refractivity contribution >= 4 is 43.4 Å². The van der Waals surface area contributed by atoms with E-state index >= 15 is 0 Å². The van der Waals surface area contributed by atoms with Gasteiger partial charge in [-0.15, -0.1) is 0 Å². The van der Waals surface area contributed by atoms with Gasteiger partial charge in [-0.1, -0.05) is 60.7 Å². The second-order valence-electron chi connectivity index (χ2n) is 8.44. The Bertz CT molecular complexity index is 1740. The van der Waals surface area contributed by atoms with Gasteiger partial charge < -0.3 is 0 Å². The van der Waals surface area contributed by atoms with Crippen LogP contribution >= 0.6 is 0 Å². The van der Waals surface area contributed by atoms with Crippen LogP contribution in [0.2, 0.25) is 0 Å². The molecule has 7 aromatic rings. The molecule has 0 unspecified atom stereocenters. The molecule has 7 rings (SSSR count). The minimum absolute atomic E-state index is 0.591. The van der Waals surface area contributed by atoms with E-state index in [1.54, 1.807) is 6.20 Å². The van der Waals surface area contributed by atoms with Gasteiger partial charge >= 0.3 is 0 Å². The predicted molar refractivity (Wildman–Crippen MR) is 139 cm³/mol. The summed E-state index contributed by atoms with van der Waals surface area (Å²) in [6.07, 6.45) is 1.77. The first-order chi connectivity index (χ1) is 16.8. The fourth-order valence-corrected chi connectivity index (χ4v) is 4.52. The van der Waals surface area contributed by atoms with Gasteiger partial charge in [0.2, 0.25) is 0 Å². The first-order valence-corrected chi connectivity index (χ1v) is 11.2. The molecule has 0 aliphatic carbocycles. The molecule has 34 heavy (non-hydrogen) atoms. The molecule has 0 fully saturated rings. The minimum atomic E-state index is 0.591. The minimum Gasteiger partial charge on any atom is -0.246 e. The summed E-state index contributed by atoms with van der Waals surface area (Å²) in [6, 6.07) is 35.3. The molecule has 3 aromatic heterocycles. The average molecular weight is 435 g/mol. The molecule has 0 saturated carbocycles. The highest BCUT2D eigenvalue weighted by Gasteiger charge is 2.10. The summed E-state index contributed by atoms with van der Waals surface area (Å²) < 4.78 is 0. The summed E-state index contributed by atoms with van der Waals surface area (Å²) in [6.45, 7) is 0. The Balaban J connectivity index is 1.32. The van der Waals surface area contributed by atoms with E-state index in [0.717, 1.165) is 38.9 Å². The van der Waals surface area contributed by atoms with Gasteiger partial charge in [-0.2, -0.15) is 0 Å². The molecule has 0 amide bonds. The third-order valence-corrected chi connectivity index (χ3v) is 6.26. The van der Waals surface area contributed by atoms with Crippen molar-refractivity contribution in [3.8, 4) is 22.9 Å². The van der Waals surface area contributed by atoms with Gasteiger partial charge in [-0.05, 0) is 64.0 Å². The first-order valence-electron chi connectivity index (χ1n) is 11.2. The van der Waals surface area contributed by atoms with E-state index in [4.69, 9.17) is 15.0 Å². The van der Waals surface area contributed by atoms with Crippen LogP contribution in [0.25, 0.3) is 66.3 Å². The maximum absolute atomic E-state index is 4.90. The fourth-order valence-electron chi connectivity index (χ4n) is 4.52. The van der Waals surface area contributed by atoms with Gasteiger partial charge in [-0.3, -0.25) is 0 Å². The Morgan fingerprint density at radius 2 is 0.882 bits per heavy atom. The lowest BCUT2D eigenvalue weighted by atomic mass is 10.1. The first kappa shape index (κ1) is 18.8. The van der Waals surface area contributed by atoms with Crippen LogP contribution in [-0.2, 0) is 0 Å². The zero-order valence-electron chi connectivity index (χ0n) is 18.2. The van der Waals surface area contributed by atoms with Crippen molar-refractivity contribution in [2.45, 2.75) is 0 Å². The lowest BCUT2D eigenvalue weighted by molar-refractivity contribution is 1.14. The highest BCUT2D eigenvalue weighted by atomic mass is 14.9. The van der Waals surface area contributed by atoms with Gasteiger partial charge in [0.15, 0.2) is 5.82 Å². The number of fused-ring (bicyclic) bond motifs is 4. The number of hydrogen-bond acceptors (Lipinski definition) is 4. The summed E-state index contributed by atoms with van der Waals surface area (Å²) in [5.41, 5.74) is 4.23. The zero-order chi connectivity index (χ0) is 22.5. The van der Waals surface area contributed by atoms with Gasteiger partial charge in [-0.25, -0.2) is 19.9 Å². The molecule has 0 aliphatic rings. The molecular weight excluding hydrogens is 416 g/mol. The van der Waals surface area contributed by atoms with Crippen LogP contribution in [0.1, 0.15) is 0 Å². The van der Waals surface area contributed by atoms with E-state index in [9.17, 15) is 0 Å². The molecule has 0 aliphatic heterocycles. The van der Waals surface area contributed by atoms with Crippen molar-refractivity contribution in [3.05, 3.63) is 109 Å². The van der Waals surface area contributed by atoms with Crippen molar-refractivity contribution < 1.29 is 0 Å². The third kappa shape index (κ3) is 3.16. The quantitative estimate of drug-likeness (QED) is 0.270. The lowest BCUT2D eigenvalue weighted by Gasteiger charge is -2.07. The fraction of sp³-hybridized carbons (Fsp3) is 0. The number of benzene rings is 4. The molecule has 4 nitrogen and oxygen atoms in total. The predicted octanol–water partition coefficient (Wildman–Crippen LogP) is 7.21. The zero-order valence-corrected chi connectivity index (χ0v) is 18.2. The highest BCUT2D eigenvalue weighted by Crippen LogP contribution is 2.27. The molecule has 4 aromatic carbocycles. The number of nitrogens with zero attached hydrogens (tertiary/aromatic N) is 4. The second-order valence-corrected chi connectivity index (χ2v) is 8.44. The molecule has 0 spiro atoms. The largest absolute Gasteiger partial charge is 0.246 e. The average Bonchev–Trinajstić information content (AvgIpc) is 2.90. The van der Waals surface area contributed by atoms with Crippen LogP contribution in [0.3, 0.4) is 0 Å². The SMILES string of the molecule is c1ccc2cc3nc(-c4ccnc(-c5ccc6cc7ccccc7cc6n5)n4)ccc3cc2c1. The third-order valence-electron chi connectivity index (χ3n) is 6.26. The van der Waals surface area contributed by atoms with Gasteiger partial charge in [0.25, 0.3) is 0 Å². The Morgan fingerprint density at radius 1 is 0.382 bits per heavy atom. The Kier molecular flexibility index (Phi) is 4.11. The summed E-state index contributed by atoms with van der Waals surface area (Å²) >= 11 is 0. The van der Waals surface area contributed by atoms with Crippen LogP contribution in [0.5, 0.6) is 0 Å². The van der Waals surface area contributed by atoms with E-state index in [1.807, 2.05) is 30.3 Å². The Morgan fingerprint density at radius 3 is 1.50 bits per heavy atom. The van der Waals surface area contributed by atoms with E-state index in [2.05, 4.69) is 77.8 Å². The van der Waals surface area contributed by atoms with Gasteiger partial charge in [0, 0.05) is 17.0 Å². The van der Waals surface area contributed by atoms with Crippen LogP contribution in [0.15, 0.2) is 109 Å². The molecule has 0 radical (unpaired) electrons.